The van der Waals surface area contributed by atoms with Crippen molar-refractivity contribution in [3.05, 3.63) is 35.1 Å². The molecule has 5 heteroatoms. The SMILES string of the molecule is COC1=CC2CC(=O)c3ccc(OC)c(O)c3C2CC1O. The molecule has 0 fully saturated rings. The standard InChI is InChI=1S/C16H18O5/c1-20-13-4-3-9-11(17)5-8-6-14(21-2)12(18)7-10(8)15(9)16(13)19/h3-4,6,8,10,12,18-19H,5,7H2,1-2H3. The summed E-state index contributed by atoms with van der Waals surface area (Å²) in [5, 5.41) is 20.5. The lowest BCUT2D eigenvalue weighted by Crippen LogP contribution is -2.32. The molecule has 0 heterocycles. The van der Waals surface area contributed by atoms with Gasteiger partial charge in [0.05, 0.1) is 14.2 Å². The lowest BCUT2D eigenvalue weighted by Gasteiger charge is -2.37. The number of carbonyl (C=O) groups excluding carboxylic acids is 1. The van der Waals surface area contributed by atoms with Crippen LogP contribution in [0, 0.1) is 5.92 Å². The number of rotatable bonds is 2. The first kappa shape index (κ1) is 13.9. The molecule has 3 unspecified atom stereocenters. The predicted octanol–water partition coefficient (Wildman–Crippen LogP) is 1.98. The van der Waals surface area contributed by atoms with Crippen molar-refractivity contribution < 1.29 is 24.5 Å². The number of aliphatic hydroxyl groups excluding tert-OH is 1. The van der Waals surface area contributed by atoms with E-state index in [1.807, 2.05) is 0 Å². The normalized spacial score (nSPS) is 27.5. The van der Waals surface area contributed by atoms with Gasteiger partial charge in [-0.1, -0.05) is 0 Å². The maximum Gasteiger partial charge on any atom is 0.163 e. The van der Waals surface area contributed by atoms with Crippen molar-refractivity contribution in [2.75, 3.05) is 14.2 Å². The minimum absolute atomic E-state index is 0.000447. The van der Waals surface area contributed by atoms with E-state index in [0.29, 0.717) is 35.5 Å². The number of benzene rings is 1. The van der Waals surface area contributed by atoms with Crippen LogP contribution in [0.15, 0.2) is 24.0 Å². The number of ether oxygens (including phenoxy) is 2. The Balaban J connectivity index is 2.13. The molecule has 0 saturated carbocycles. The number of aliphatic hydroxyl groups is 1. The average molecular weight is 290 g/mol. The summed E-state index contributed by atoms with van der Waals surface area (Å²) in [6, 6.07) is 3.29. The van der Waals surface area contributed by atoms with Gasteiger partial charge in [-0.2, -0.15) is 0 Å². The fraction of sp³-hybridized carbons (Fsp3) is 0.438. The highest BCUT2D eigenvalue weighted by atomic mass is 16.5. The predicted molar refractivity (Wildman–Crippen MR) is 75.6 cm³/mol. The minimum Gasteiger partial charge on any atom is -0.504 e. The fourth-order valence-electron chi connectivity index (χ4n) is 3.40. The molecule has 2 aliphatic carbocycles. The van der Waals surface area contributed by atoms with Crippen molar-refractivity contribution in [1.29, 1.82) is 0 Å². The Bertz CT molecular complexity index is 619. The summed E-state index contributed by atoms with van der Waals surface area (Å²) < 4.78 is 10.3. The second kappa shape index (κ2) is 5.07. The van der Waals surface area contributed by atoms with E-state index in [4.69, 9.17) is 9.47 Å². The molecule has 1 aromatic carbocycles. The van der Waals surface area contributed by atoms with Crippen molar-refractivity contribution >= 4 is 5.78 Å². The number of aromatic hydroxyl groups is 1. The summed E-state index contributed by atoms with van der Waals surface area (Å²) in [6.45, 7) is 0. The zero-order chi connectivity index (χ0) is 15.1. The van der Waals surface area contributed by atoms with Crippen LogP contribution in [0.25, 0.3) is 0 Å². The van der Waals surface area contributed by atoms with E-state index in [-0.39, 0.29) is 23.4 Å². The summed E-state index contributed by atoms with van der Waals surface area (Å²) in [4.78, 5) is 12.3. The van der Waals surface area contributed by atoms with E-state index < -0.39 is 6.10 Å². The van der Waals surface area contributed by atoms with Gasteiger partial charge in [0.1, 0.15) is 11.9 Å². The van der Waals surface area contributed by atoms with Crippen LogP contribution in [0.3, 0.4) is 0 Å². The number of methoxy groups -OCH3 is 2. The van der Waals surface area contributed by atoms with Gasteiger partial charge < -0.3 is 19.7 Å². The highest BCUT2D eigenvalue weighted by molar-refractivity contribution is 6.00. The van der Waals surface area contributed by atoms with Gasteiger partial charge in [0.2, 0.25) is 0 Å². The van der Waals surface area contributed by atoms with Crippen LogP contribution in [-0.2, 0) is 4.74 Å². The smallest absolute Gasteiger partial charge is 0.163 e. The Kier molecular flexibility index (Phi) is 3.37. The zero-order valence-corrected chi connectivity index (χ0v) is 12.0. The molecule has 0 aliphatic heterocycles. The van der Waals surface area contributed by atoms with E-state index in [9.17, 15) is 15.0 Å². The van der Waals surface area contributed by atoms with Gasteiger partial charge in [-0.15, -0.1) is 0 Å². The van der Waals surface area contributed by atoms with E-state index in [1.165, 1.54) is 14.2 Å². The zero-order valence-electron chi connectivity index (χ0n) is 12.0. The third-order valence-electron chi connectivity index (χ3n) is 4.43. The number of fused-ring (bicyclic) bond motifs is 3. The quantitative estimate of drug-likeness (QED) is 0.871. The maximum absolute atomic E-state index is 12.3. The van der Waals surface area contributed by atoms with Gasteiger partial charge in [-0.3, -0.25) is 4.79 Å². The van der Waals surface area contributed by atoms with E-state index in [0.717, 1.165) is 0 Å². The number of hydrogen-bond acceptors (Lipinski definition) is 5. The topological polar surface area (TPSA) is 76.0 Å². The Morgan fingerprint density at radius 3 is 2.67 bits per heavy atom. The molecule has 1 aromatic rings. The molecule has 5 nitrogen and oxygen atoms in total. The summed E-state index contributed by atoms with van der Waals surface area (Å²) >= 11 is 0. The Morgan fingerprint density at radius 2 is 2.00 bits per heavy atom. The maximum atomic E-state index is 12.3. The molecule has 21 heavy (non-hydrogen) atoms. The van der Waals surface area contributed by atoms with Crippen LogP contribution >= 0.6 is 0 Å². The first-order valence-electron chi connectivity index (χ1n) is 6.93. The third-order valence-corrected chi connectivity index (χ3v) is 4.43. The molecule has 2 N–H and O–H groups in total. The van der Waals surface area contributed by atoms with Gasteiger partial charge >= 0.3 is 0 Å². The molecule has 0 saturated heterocycles. The van der Waals surface area contributed by atoms with Crippen LogP contribution in [0.1, 0.15) is 34.7 Å². The van der Waals surface area contributed by atoms with E-state index in [1.54, 1.807) is 18.2 Å². The van der Waals surface area contributed by atoms with Crippen molar-refractivity contribution in [1.82, 2.24) is 0 Å². The third kappa shape index (κ3) is 2.08. The van der Waals surface area contributed by atoms with Crippen molar-refractivity contribution in [3.63, 3.8) is 0 Å². The second-order valence-electron chi connectivity index (χ2n) is 5.50. The number of phenolic OH excluding ortho intramolecular Hbond substituents is 1. The highest BCUT2D eigenvalue weighted by Crippen LogP contribution is 2.49. The second-order valence-corrected chi connectivity index (χ2v) is 5.50. The molecule has 0 bridgehead atoms. The van der Waals surface area contributed by atoms with E-state index in [2.05, 4.69) is 0 Å². The molecule has 0 aromatic heterocycles. The van der Waals surface area contributed by atoms with E-state index >= 15 is 0 Å². The van der Waals surface area contributed by atoms with Gasteiger partial charge in [-0.25, -0.2) is 0 Å². The summed E-state index contributed by atoms with van der Waals surface area (Å²) in [7, 11) is 2.98. The van der Waals surface area contributed by atoms with Crippen LogP contribution in [0.4, 0.5) is 0 Å². The van der Waals surface area contributed by atoms with Crippen LogP contribution in [0.5, 0.6) is 11.5 Å². The molecule has 0 radical (unpaired) electrons. The lowest BCUT2D eigenvalue weighted by atomic mass is 9.69. The number of allylic oxidation sites excluding steroid dienone is 1. The van der Waals surface area contributed by atoms with Gasteiger partial charge in [0.15, 0.2) is 17.3 Å². The van der Waals surface area contributed by atoms with Gasteiger partial charge in [0.25, 0.3) is 0 Å². The number of phenols is 1. The lowest BCUT2D eigenvalue weighted by molar-refractivity contribution is 0.0817. The Morgan fingerprint density at radius 1 is 1.24 bits per heavy atom. The van der Waals surface area contributed by atoms with Gasteiger partial charge in [0, 0.05) is 17.5 Å². The molecular formula is C16H18O5. The molecule has 3 rings (SSSR count). The Labute approximate surface area is 122 Å². The average Bonchev–Trinajstić information content (AvgIpc) is 2.48. The molecule has 112 valence electrons. The summed E-state index contributed by atoms with van der Waals surface area (Å²) in [5.41, 5.74) is 1.11. The minimum atomic E-state index is -0.720. The highest BCUT2D eigenvalue weighted by Gasteiger charge is 2.40. The van der Waals surface area contributed by atoms with Crippen LogP contribution in [-0.4, -0.2) is 36.3 Å². The van der Waals surface area contributed by atoms with Crippen molar-refractivity contribution in [3.8, 4) is 11.5 Å². The van der Waals surface area contributed by atoms with Crippen LogP contribution < -0.4 is 4.74 Å². The molecule has 2 aliphatic rings. The molecule has 3 atom stereocenters. The largest absolute Gasteiger partial charge is 0.504 e. The molecule has 0 spiro atoms. The number of hydrogen-bond donors (Lipinski definition) is 2. The first-order chi connectivity index (χ1) is 10.1. The monoisotopic (exact) mass is 290 g/mol. The van der Waals surface area contributed by atoms with Crippen molar-refractivity contribution in [2.45, 2.75) is 24.9 Å². The summed E-state index contributed by atoms with van der Waals surface area (Å²) in [6.07, 6.45) is 1.87. The number of carbonyl (C=O) groups is 1. The number of ketones is 1. The summed E-state index contributed by atoms with van der Waals surface area (Å²) in [5.74, 6) is 0.656. The Hall–Kier alpha value is -2.01. The fourth-order valence-corrected chi connectivity index (χ4v) is 3.40. The molecular weight excluding hydrogens is 272 g/mol. The van der Waals surface area contributed by atoms with Crippen molar-refractivity contribution in [2.24, 2.45) is 5.92 Å². The molecule has 0 amide bonds. The van der Waals surface area contributed by atoms with Crippen LogP contribution in [0.2, 0.25) is 0 Å². The first-order valence-corrected chi connectivity index (χ1v) is 6.93. The number of Topliss-reactive ketones (excluding diaryl/α,β-unsaturated/α-hetero) is 1. The van der Waals surface area contributed by atoms with Gasteiger partial charge in [-0.05, 0) is 36.5 Å².